The minimum Gasteiger partial charge on any atom is -0.370 e. The van der Waals surface area contributed by atoms with Crippen molar-refractivity contribution in [3.63, 3.8) is 0 Å². The van der Waals surface area contributed by atoms with Crippen LogP contribution >= 0.6 is 0 Å². The van der Waals surface area contributed by atoms with Crippen LogP contribution in [0.2, 0.25) is 0 Å². The highest BCUT2D eigenvalue weighted by molar-refractivity contribution is 5.44. The van der Waals surface area contributed by atoms with Gasteiger partial charge in [0.2, 0.25) is 0 Å². The van der Waals surface area contributed by atoms with E-state index < -0.39 is 0 Å². The van der Waals surface area contributed by atoms with Gasteiger partial charge in [-0.15, -0.1) is 0 Å². The number of hydrogen-bond donors (Lipinski definition) is 0. The molecule has 0 amide bonds. The molecule has 1 aliphatic heterocycles. The minimum atomic E-state index is 0.695. The molecule has 0 aromatic heterocycles. The highest BCUT2D eigenvalue weighted by atomic mass is 15.1. The molecule has 1 heteroatoms. The third-order valence-electron chi connectivity index (χ3n) is 3.03. The van der Waals surface area contributed by atoms with E-state index in [1.807, 2.05) is 13.8 Å². The normalized spacial score (nSPS) is 23.2. The Morgan fingerprint density at radius 1 is 1.24 bits per heavy atom. The SMILES string of the molecule is CC.CC1=CC=C(C2=CC[C@H](C)C=C2)N(C)C1. The van der Waals surface area contributed by atoms with Gasteiger partial charge in [-0.1, -0.05) is 50.6 Å². The van der Waals surface area contributed by atoms with E-state index in [0.29, 0.717) is 5.92 Å². The molecule has 0 radical (unpaired) electrons. The Bertz CT molecular complexity index is 369. The van der Waals surface area contributed by atoms with Gasteiger partial charge < -0.3 is 4.90 Å². The molecule has 0 aromatic rings. The van der Waals surface area contributed by atoms with Crippen molar-refractivity contribution < 1.29 is 0 Å². The van der Waals surface area contributed by atoms with Crippen LogP contribution in [0.1, 0.15) is 34.1 Å². The van der Waals surface area contributed by atoms with E-state index in [1.54, 1.807) is 0 Å². The van der Waals surface area contributed by atoms with Gasteiger partial charge in [-0.3, -0.25) is 0 Å². The van der Waals surface area contributed by atoms with Crippen molar-refractivity contribution >= 4 is 0 Å². The third-order valence-corrected chi connectivity index (χ3v) is 3.03. The van der Waals surface area contributed by atoms with E-state index in [2.05, 4.69) is 56.2 Å². The smallest absolute Gasteiger partial charge is 0.0436 e. The fourth-order valence-corrected chi connectivity index (χ4v) is 2.09. The van der Waals surface area contributed by atoms with Gasteiger partial charge in [-0.2, -0.15) is 0 Å². The molecule has 2 rings (SSSR count). The van der Waals surface area contributed by atoms with Crippen molar-refractivity contribution in [3.05, 3.63) is 47.2 Å². The number of likely N-dealkylation sites (N-methyl/N-ethyl adjacent to an activating group) is 1. The van der Waals surface area contributed by atoms with Crippen molar-refractivity contribution in [1.29, 1.82) is 0 Å². The van der Waals surface area contributed by atoms with Gasteiger partial charge >= 0.3 is 0 Å². The summed E-state index contributed by atoms with van der Waals surface area (Å²) in [6.07, 6.45) is 12.5. The molecular formula is C16H25N. The second kappa shape index (κ2) is 6.48. The zero-order chi connectivity index (χ0) is 12.8. The van der Waals surface area contributed by atoms with E-state index in [1.165, 1.54) is 23.3 Å². The van der Waals surface area contributed by atoms with Crippen molar-refractivity contribution in [2.24, 2.45) is 5.92 Å². The first-order chi connectivity index (χ1) is 8.16. The van der Waals surface area contributed by atoms with Crippen molar-refractivity contribution in [1.82, 2.24) is 4.90 Å². The van der Waals surface area contributed by atoms with E-state index in [-0.39, 0.29) is 0 Å². The zero-order valence-electron chi connectivity index (χ0n) is 11.8. The topological polar surface area (TPSA) is 3.24 Å². The maximum atomic E-state index is 2.35. The predicted molar refractivity (Wildman–Crippen MR) is 76.8 cm³/mol. The quantitative estimate of drug-likeness (QED) is 0.650. The monoisotopic (exact) mass is 231 g/mol. The molecule has 1 atom stereocenters. The Kier molecular flexibility index (Phi) is 5.27. The molecule has 1 aliphatic carbocycles. The molecule has 0 aromatic carbocycles. The highest BCUT2D eigenvalue weighted by Crippen LogP contribution is 2.25. The Balaban J connectivity index is 0.000000686. The first kappa shape index (κ1) is 13.8. The molecule has 0 unspecified atom stereocenters. The summed E-state index contributed by atoms with van der Waals surface area (Å²) in [4.78, 5) is 2.32. The van der Waals surface area contributed by atoms with Gasteiger partial charge in [0.05, 0.1) is 0 Å². The van der Waals surface area contributed by atoms with E-state index in [4.69, 9.17) is 0 Å². The Hall–Kier alpha value is -1.24. The fourth-order valence-electron chi connectivity index (χ4n) is 2.09. The summed E-state index contributed by atoms with van der Waals surface area (Å²) in [5, 5.41) is 0. The molecule has 17 heavy (non-hydrogen) atoms. The summed E-state index contributed by atoms with van der Waals surface area (Å²) < 4.78 is 0. The molecule has 1 nitrogen and oxygen atoms in total. The van der Waals surface area contributed by atoms with Crippen LogP contribution in [0.25, 0.3) is 0 Å². The largest absolute Gasteiger partial charge is 0.370 e. The molecule has 0 saturated heterocycles. The van der Waals surface area contributed by atoms with Crippen molar-refractivity contribution in [2.45, 2.75) is 34.1 Å². The average Bonchev–Trinajstić information content (AvgIpc) is 2.33. The summed E-state index contributed by atoms with van der Waals surface area (Å²) in [6, 6.07) is 0. The van der Waals surface area contributed by atoms with Crippen molar-refractivity contribution in [2.75, 3.05) is 13.6 Å². The number of hydrogen-bond acceptors (Lipinski definition) is 1. The average molecular weight is 231 g/mol. The molecule has 0 saturated carbocycles. The van der Waals surface area contributed by atoms with E-state index in [9.17, 15) is 0 Å². The second-order valence-corrected chi connectivity index (χ2v) is 4.65. The van der Waals surface area contributed by atoms with Crippen LogP contribution < -0.4 is 0 Å². The lowest BCUT2D eigenvalue weighted by molar-refractivity contribution is 0.456. The number of rotatable bonds is 1. The lowest BCUT2D eigenvalue weighted by Crippen LogP contribution is -2.23. The van der Waals surface area contributed by atoms with Gasteiger partial charge in [0.15, 0.2) is 0 Å². The van der Waals surface area contributed by atoms with Crippen LogP contribution in [0.15, 0.2) is 47.2 Å². The fraction of sp³-hybridized carbons (Fsp3) is 0.500. The van der Waals surface area contributed by atoms with Gasteiger partial charge in [0, 0.05) is 19.3 Å². The molecule has 0 N–H and O–H groups in total. The lowest BCUT2D eigenvalue weighted by Gasteiger charge is -2.28. The summed E-state index contributed by atoms with van der Waals surface area (Å²) in [7, 11) is 2.16. The maximum Gasteiger partial charge on any atom is 0.0436 e. The lowest BCUT2D eigenvalue weighted by atomic mass is 9.95. The molecule has 94 valence electrons. The zero-order valence-corrected chi connectivity index (χ0v) is 11.8. The molecular weight excluding hydrogens is 206 g/mol. The van der Waals surface area contributed by atoms with Gasteiger partial charge in [-0.05, 0) is 30.9 Å². The van der Waals surface area contributed by atoms with Crippen LogP contribution in [0.3, 0.4) is 0 Å². The van der Waals surface area contributed by atoms with Crippen LogP contribution in [0, 0.1) is 5.92 Å². The summed E-state index contributed by atoms with van der Waals surface area (Å²) in [6.45, 7) is 9.48. The molecule has 2 aliphatic rings. The highest BCUT2D eigenvalue weighted by Gasteiger charge is 2.13. The molecule has 0 spiro atoms. The number of nitrogens with zero attached hydrogens (tertiary/aromatic N) is 1. The summed E-state index contributed by atoms with van der Waals surface area (Å²) in [5.74, 6) is 0.695. The second-order valence-electron chi connectivity index (χ2n) is 4.65. The van der Waals surface area contributed by atoms with Crippen LogP contribution in [0.5, 0.6) is 0 Å². The van der Waals surface area contributed by atoms with E-state index in [0.717, 1.165) is 6.54 Å². The summed E-state index contributed by atoms with van der Waals surface area (Å²) >= 11 is 0. The third kappa shape index (κ3) is 3.62. The number of allylic oxidation sites excluding steroid dienone is 5. The van der Waals surface area contributed by atoms with Crippen LogP contribution in [0.4, 0.5) is 0 Å². The molecule has 0 fully saturated rings. The Labute approximate surface area is 106 Å². The maximum absolute atomic E-state index is 2.35. The van der Waals surface area contributed by atoms with Crippen molar-refractivity contribution in [3.8, 4) is 0 Å². The Morgan fingerprint density at radius 2 is 1.94 bits per heavy atom. The van der Waals surface area contributed by atoms with Crippen LogP contribution in [-0.4, -0.2) is 18.5 Å². The first-order valence-electron chi connectivity index (χ1n) is 6.64. The first-order valence-corrected chi connectivity index (χ1v) is 6.64. The molecule has 0 bridgehead atoms. The van der Waals surface area contributed by atoms with Gasteiger partial charge in [0.25, 0.3) is 0 Å². The van der Waals surface area contributed by atoms with Crippen LogP contribution in [-0.2, 0) is 0 Å². The molecule has 1 heterocycles. The summed E-state index contributed by atoms with van der Waals surface area (Å²) in [5.41, 5.74) is 4.15. The van der Waals surface area contributed by atoms with E-state index >= 15 is 0 Å². The van der Waals surface area contributed by atoms with Gasteiger partial charge in [-0.25, -0.2) is 0 Å². The standard InChI is InChI=1S/C14H19N.C2H6/c1-11-4-7-13(8-5-11)14-9-6-12(2)10-15(14)3;1-2/h4,6-9,11H,5,10H2,1-3H3;1-2H3/t11-;/m1./s1. The minimum absolute atomic E-state index is 0.695. The predicted octanol–water partition coefficient (Wildman–Crippen LogP) is 4.31. The Morgan fingerprint density at radius 3 is 2.47 bits per heavy atom. The van der Waals surface area contributed by atoms with Gasteiger partial charge in [0.1, 0.15) is 0 Å².